The SMILES string of the molecule is C.C.CCOC(=O)Cc1ccccc1N.CCOC(=O)Cc1ccccc1NC(=O)c1cc(-c2cccc(CN)c2)c2oc(C3CC3)cc2c1.CCOC(=O)Cc1ccccc1NC(=O)c1cc(I)c2oc(C3CC3)cc2c1.Cl.NCc1cccc(-c2cc(C(=O)Nc3ccccc3CC(=O)O)cc3cc(C4CC4)oc23)c1.NCc1cccc(B(O)O)c1.O=C(O)c1cc(I)c2oc(C3CC3)cc2c1.[Na+].[OH-]. The Labute approximate surface area is 873 Å². The molecule has 0 aliphatic heterocycles. The van der Waals surface area contributed by atoms with Gasteiger partial charge in [0.05, 0.1) is 58.2 Å². The maximum atomic E-state index is 13.4. The van der Waals surface area contributed by atoms with Crippen LogP contribution in [0.4, 0.5) is 22.7 Å². The van der Waals surface area contributed by atoms with Crippen molar-refractivity contribution in [2.75, 3.05) is 41.5 Å². The van der Waals surface area contributed by atoms with Gasteiger partial charge in [-0.15, -0.1) is 12.4 Å². The molecule has 15 aromatic rings. The fourth-order valence-electron chi connectivity index (χ4n) is 15.4. The van der Waals surface area contributed by atoms with Crippen molar-refractivity contribution in [1.29, 1.82) is 0 Å². The van der Waals surface area contributed by atoms with Gasteiger partial charge in [-0.3, -0.25) is 33.6 Å². The van der Waals surface area contributed by atoms with Gasteiger partial charge in [0.25, 0.3) is 17.7 Å². The molecule has 16 N–H and O–H groups in total. The fourth-order valence-corrected chi connectivity index (χ4v) is 16.9. The van der Waals surface area contributed by atoms with Crippen LogP contribution in [0.5, 0.6) is 0 Å². The third-order valence-electron chi connectivity index (χ3n) is 22.9. The van der Waals surface area contributed by atoms with E-state index in [-0.39, 0.29) is 124 Å². The van der Waals surface area contributed by atoms with Crippen LogP contribution >= 0.6 is 57.6 Å². The Balaban J connectivity index is 0.000000196. The van der Waals surface area contributed by atoms with E-state index >= 15 is 0 Å². The monoisotopic (exact) mass is 2160 g/mol. The van der Waals surface area contributed by atoms with Crippen LogP contribution in [0.15, 0.2) is 260 Å². The molecule has 11 aromatic carbocycles. The number of aliphatic carboxylic acids is 1. The number of ether oxygens (including phenoxy) is 3. The van der Waals surface area contributed by atoms with Crippen LogP contribution in [-0.4, -0.2) is 100 Å². The molecule has 4 saturated carbocycles. The minimum absolute atomic E-state index is 0. The predicted molar refractivity (Wildman–Crippen MR) is 565 cm³/mol. The van der Waals surface area contributed by atoms with E-state index in [4.69, 9.17) is 70.0 Å². The van der Waals surface area contributed by atoms with Crippen molar-refractivity contribution in [3.63, 3.8) is 0 Å². The number of amides is 3. The van der Waals surface area contributed by atoms with Gasteiger partial charge in [-0.25, -0.2) is 4.79 Å². The summed E-state index contributed by atoms with van der Waals surface area (Å²) in [6.45, 7) is 7.65. The van der Waals surface area contributed by atoms with Crippen LogP contribution < -0.4 is 73.9 Å². The van der Waals surface area contributed by atoms with Gasteiger partial charge in [0, 0.05) is 115 Å². The van der Waals surface area contributed by atoms with Gasteiger partial charge < -0.3 is 96.5 Å². The second-order valence-corrected chi connectivity index (χ2v) is 35.6. The molecule has 0 bridgehead atoms. The Morgan fingerprint density at radius 3 is 1.03 bits per heavy atom. The summed E-state index contributed by atoms with van der Waals surface area (Å²) in [4.78, 5) is 96.6. The molecular formula is C109H114BClI2N7NaO20. The first-order valence-corrected chi connectivity index (χ1v) is 47.2. The number of nitrogens with two attached hydrogens (primary N) is 4. The number of fused-ring (bicyclic) bond motifs is 4. The number of furan rings is 4. The first-order chi connectivity index (χ1) is 65.7. The van der Waals surface area contributed by atoms with Crippen molar-refractivity contribution >= 4 is 184 Å². The molecule has 4 aromatic heterocycles. The Bertz CT molecular complexity index is 6920. The molecule has 4 heterocycles. The smallest absolute Gasteiger partial charge is 0.870 e. The Morgan fingerprint density at radius 2 is 0.688 bits per heavy atom. The molecule has 141 heavy (non-hydrogen) atoms. The maximum absolute atomic E-state index is 13.4. The van der Waals surface area contributed by atoms with Gasteiger partial charge in [-0.1, -0.05) is 148 Å². The summed E-state index contributed by atoms with van der Waals surface area (Å²) in [5.74, 6) is 2.39. The molecule has 32 heteroatoms. The van der Waals surface area contributed by atoms with Crippen LogP contribution in [0, 0.1) is 7.14 Å². The molecule has 0 atom stereocenters. The molecule has 4 aliphatic rings. The zero-order chi connectivity index (χ0) is 96.2. The third-order valence-corrected chi connectivity index (χ3v) is 24.6. The quantitative estimate of drug-likeness (QED) is 0.00713. The van der Waals surface area contributed by atoms with Crippen LogP contribution in [0.1, 0.15) is 214 Å². The van der Waals surface area contributed by atoms with Crippen molar-refractivity contribution in [1.82, 2.24) is 0 Å². The second-order valence-electron chi connectivity index (χ2n) is 33.3. The first kappa shape index (κ1) is 112. The number of rotatable bonds is 28. The number of carboxylic acids is 2. The zero-order valence-electron chi connectivity index (χ0n) is 77.0. The largest absolute Gasteiger partial charge is 1.00 e. The number of para-hydroxylation sites is 4. The van der Waals surface area contributed by atoms with Gasteiger partial charge in [-0.2, -0.15) is 0 Å². The number of esters is 3. The van der Waals surface area contributed by atoms with Gasteiger partial charge in [-0.05, 0) is 282 Å². The second kappa shape index (κ2) is 53.0. The van der Waals surface area contributed by atoms with Crippen molar-refractivity contribution in [3.05, 3.63) is 334 Å². The summed E-state index contributed by atoms with van der Waals surface area (Å²) in [7, 11) is -1.40. The number of carbonyl (C=O) groups excluding carboxylic acids is 6. The molecule has 4 aliphatic carbocycles. The van der Waals surface area contributed by atoms with Crippen molar-refractivity contribution in [3.8, 4) is 22.3 Å². The number of aromatic carboxylic acids is 1. The van der Waals surface area contributed by atoms with Crippen molar-refractivity contribution in [2.45, 2.75) is 156 Å². The maximum Gasteiger partial charge on any atom is 1.00 e. The van der Waals surface area contributed by atoms with Crippen molar-refractivity contribution in [2.24, 2.45) is 17.2 Å². The number of anilines is 4. The molecule has 730 valence electrons. The molecule has 3 amide bonds. The summed E-state index contributed by atoms with van der Waals surface area (Å²) in [6, 6.07) is 74.0. The normalized spacial score (nSPS) is 12.4. The number of hydrogen-bond acceptors (Lipinski definition) is 22. The summed E-state index contributed by atoms with van der Waals surface area (Å²) >= 11 is 4.32. The van der Waals surface area contributed by atoms with Crippen molar-refractivity contribution < 1.29 is 126 Å². The van der Waals surface area contributed by atoms with E-state index in [2.05, 4.69) is 67.2 Å². The minimum atomic E-state index is -1.40. The van der Waals surface area contributed by atoms with E-state index in [1.54, 1.807) is 93.6 Å². The molecule has 4 fully saturated rings. The van der Waals surface area contributed by atoms with E-state index in [1.165, 1.54) is 25.7 Å². The summed E-state index contributed by atoms with van der Waals surface area (Å²) < 4.78 is 40.9. The van der Waals surface area contributed by atoms with Crippen LogP contribution in [0.2, 0.25) is 0 Å². The number of nitrogen functional groups attached to an aromatic ring is 1. The summed E-state index contributed by atoms with van der Waals surface area (Å²) in [5.41, 5.74) is 39.9. The number of carboxylic acid groups (broad SMARTS) is 2. The summed E-state index contributed by atoms with van der Waals surface area (Å²) in [5, 5.41) is 48.1. The molecule has 19 rings (SSSR count). The van der Waals surface area contributed by atoms with Gasteiger partial charge in [0.15, 0.2) is 0 Å². The van der Waals surface area contributed by atoms with E-state index < -0.39 is 19.1 Å². The molecule has 0 spiro atoms. The minimum Gasteiger partial charge on any atom is -0.870 e. The van der Waals surface area contributed by atoms with E-state index in [1.807, 2.05) is 164 Å². The number of halogens is 3. The summed E-state index contributed by atoms with van der Waals surface area (Å²) in [6.07, 6.45) is 9.48. The first-order valence-electron chi connectivity index (χ1n) is 45.0. The van der Waals surface area contributed by atoms with Crippen LogP contribution in [-0.2, 0) is 78.7 Å². The standard InChI is InChI=1S/C29H28N2O4.C27H24N2O4.C22H20INO4.C12H9IO3.C10H13NO2.C7H10BNO2.2CH4.ClH.Na.H2O/c1-2-34-27(32)16-21-7-3-4-9-25(21)31-29(33)23-13-22-15-26(19-10-11-19)35-28(22)24(14-23)20-8-5-6-18(12-20)17-30;28-15-16-4-3-6-18(10-16)22-12-21(11-20-13-24(17-8-9-17)33-26(20)22)27(32)29-23-7-2-1-5-19(23)14-25(30)31;1-2-27-20(25)12-14-5-3-4-6-18(14)24-22(26)16-9-15-11-19(13-7-8-13)28-21(15)17(23)10-16;13-9-4-8(12(14)15)3-7-5-10(6-1-2-6)16-11(7)9;1-2-13-10(12)7-8-5-3-4-6-9(8)11;9-5-6-2-1-3-7(4-6)8(10)11;;;;;/h3-9,12-15,19H,2,10-11,16-17,30H2,1H3,(H,31,33);1-7,10-13,17H,8-9,14-15,28H2,(H,29,32)(H,30,31);3-6,9-11,13H,2,7-8,12H2,1H3,(H,24,26);3-6H,1-2H2,(H,14,15);3-6H,2,7,11H2,1H3;1-4,10-11H,5,9H2;2*1H4;1H;;1H2/q;;;;;;;;;+1;/p-1. The number of hydrogen-bond donors (Lipinski definition) is 11. The molecular weight excluding hydrogens is 2050 g/mol. The van der Waals surface area contributed by atoms with E-state index in [0.29, 0.717) is 125 Å². The predicted octanol–water partition coefficient (Wildman–Crippen LogP) is 18.7. The number of carbonyl (C=O) groups is 8. The zero-order valence-corrected chi connectivity index (χ0v) is 84.2. The molecule has 0 unspecified atom stereocenters. The number of nitrogens with one attached hydrogen (secondary N) is 3. The topological polar surface area (TPSA) is 468 Å². The number of benzene rings is 11. The van der Waals surface area contributed by atoms with E-state index in [9.17, 15) is 43.5 Å². The Hall–Kier alpha value is -12.3. The van der Waals surface area contributed by atoms with Gasteiger partial charge in [0.2, 0.25) is 0 Å². The Kier molecular flexibility index (Phi) is 42.2. The molecule has 27 nitrogen and oxygen atoms in total. The average Bonchev–Trinajstić information content (AvgIpc) is 1.67. The third kappa shape index (κ3) is 30.6. The Morgan fingerprint density at radius 1 is 0.383 bits per heavy atom. The average molecular weight is 2170 g/mol. The van der Waals surface area contributed by atoms with Crippen LogP contribution in [0.25, 0.3) is 66.1 Å². The van der Waals surface area contributed by atoms with Gasteiger partial charge in [0.1, 0.15) is 45.4 Å². The molecule has 0 saturated heterocycles. The van der Waals surface area contributed by atoms with Gasteiger partial charge >= 0.3 is 66.5 Å². The van der Waals surface area contributed by atoms with Crippen LogP contribution in [0.3, 0.4) is 0 Å². The fraction of sp³-hybridized carbons (Fsp3) is 0.248. The molecule has 0 radical (unpaired) electrons. The van der Waals surface area contributed by atoms with E-state index in [0.717, 1.165) is 150 Å².